The summed E-state index contributed by atoms with van der Waals surface area (Å²) in [6.07, 6.45) is -3.13. The van der Waals surface area contributed by atoms with Gasteiger partial charge in [0.15, 0.2) is 0 Å². The van der Waals surface area contributed by atoms with Gasteiger partial charge < -0.3 is 73.0 Å². The van der Waals surface area contributed by atoms with E-state index < -0.39 is 217 Å². The Morgan fingerprint density at radius 3 is 0.721 bits per heavy atom. The fraction of sp³-hybridized carbons (Fsp3) is 0.825. The Morgan fingerprint density at radius 1 is 0.337 bits per heavy atom. The molecule has 4 aliphatic heterocycles. The number of hydrogen-bond donors (Lipinski definition) is 4. The van der Waals surface area contributed by atoms with Crippen molar-refractivity contribution in [1.29, 1.82) is 0 Å². The van der Waals surface area contributed by atoms with E-state index in [9.17, 15) is 91.2 Å². The number of amides is 4. The van der Waals surface area contributed by atoms with E-state index in [-0.39, 0.29) is 25.2 Å². The van der Waals surface area contributed by atoms with Gasteiger partial charge in [-0.05, 0) is 158 Å². The van der Waals surface area contributed by atoms with E-state index in [4.69, 9.17) is 60.3 Å². The minimum Gasteiger partial charge on any atom is -0.438 e. The van der Waals surface area contributed by atoms with Gasteiger partial charge in [0.2, 0.25) is 71.2 Å². The molecule has 37 nitrogen and oxygen atoms in total. The number of carbonyl (C=O) groups excluding carboxylic acids is 11. The maximum absolute atomic E-state index is 13.3. The molecule has 0 aromatic rings. The zero-order valence-electron chi connectivity index (χ0n) is 64.4. The van der Waals surface area contributed by atoms with E-state index in [2.05, 4.69) is 4.52 Å². The lowest BCUT2D eigenvalue weighted by Gasteiger charge is -2.33. The highest BCUT2D eigenvalue weighted by atomic mass is 31.2. The first kappa shape index (κ1) is 96.7. The maximum atomic E-state index is 13.3. The van der Waals surface area contributed by atoms with Crippen LogP contribution in [0.15, 0.2) is 0 Å². The lowest BCUT2D eigenvalue weighted by molar-refractivity contribution is -0.164. The number of likely N-dealkylation sites (tertiary alicyclic amines) is 4. The lowest BCUT2D eigenvalue weighted by atomic mass is 9.98. The van der Waals surface area contributed by atoms with Gasteiger partial charge in [0.25, 0.3) is 0 Å². The SMILES string of the molecule is CN1C(=O)[C@@H](P(=O)(O)OCOC(=O)C(C)(C)C)C[C@@H]1O.CN1C(=O)[C@@H](P(=O)(OCOC(=O)C(C)(C)C)OCOC(=O)C(C)(C)C)C[C@@H]1O.CN1C(=O)[C@@H](P(=O)(OCOC(=O)C(C)(C)C)OCOC(=O)C(C)(C)C)C[C@@H]1O.CN1CCC[C@H](P(=O)(OCOC(=O)C(C)(C)C)OCOC(=O)C(C)(C)C)C1=O. The summed E-state index contributed by atoms with van der Waals surface area (Å²) in [5, 5.41) is 29.1. The van der Waals surface area contributed by atoms with Crippen LogP contribution < -0.4 is 0 Å². The molecule has 602 valence electrons. The monoisotopic (exact) mass is 1580 g/mol. The molecule has 0 spiro atoms. The van der Waals surface area contributed by atoms with Gasteiger partial charge in [-0.15, -0.1) is 0 Å². The van der Waals surface area contributed by atoms with Crippen LogP contribution in [0.3, 0.4) is 0 Å². The molecule has 104 heavy (non-hydrogen) atoms. The molecule has 0 bridgehead atoms. The van der Waals surface area contributed by atoms with E-state index in [0.29, 0.717) is 19.4 Å². The van der Waals surface area contributed by atoms with Crippen molar-refractivity contribution in [3.05, 3.63) is 0 Å². The fourth-order valence-electron chi connectivity index (χ4n) is 7.96. The second-order valence-corrected chi connectivity index (χ2v) is 40.3. The van der Waals surface area contributed by atoms with Crippen molar-refractivity contribution < 1.29 is 156 Å². The Hall–Kier alpha value is -5.35. The summed E-state index contributed by atoms with van der Waals surface area (Å²) in [5.41, 5.74) is -10.5. The fourth-order valence-corrected chi connectivity index (χ4v) is 14.5. The number of nitrogens with zero attached hydrogens (tertiary/aromatic N) is 4. The van der Waals surface area contributed by atoms with Gasteiger partial charge in [-0.25, -0.2) is 0 Å². The molecular weight excluding hydrogens is 1460 g/mol. The lowest BCUT2D eigenvalue weighted by Crippen LogP contribution is -2.42. The summed E-state index contributed by atoms with van der Waals surface area (Å²) in [6.45, 7) is 30.1. The molecule has 4 N–H and O–H groups in total. The Bertz CT molecular complexity index is 2870. The second-order valence-electron chi connectivity index (χ2n) is 31.6. The minimum atomic E-state index is -4.31. The van der Waals surface area contributed by atoms with Gasteiger partial charge in [0, 0.05) is 54.0 Å². The van der Waals surface area contributed by atoms with Crippen LogP contribution in [0, 0.1) is 37.9 Å². The van der Waals surface area contributed by atoms with Crippen LogP contribution in [-0.2, 0) is 136 Å². The van der Waals surface area contributed by atoms with Crippen LogP contribution in [-0.4, -0.2) is 229 Å². The van der Waals surface area contributed by atoms with E-state index in [1.54, 1.807) is 152 Å². The highest BCUT2D eigenvalue weighted by Gasteiger charge is 2.53. The van der Waals surface area contributed by atoms with Crippen molar-refractivity contribution in [3.63, 3.8) is 0 Å². The van der Waals surface area contributed by atoms with Crippen LogP contribution in [0.4, 0.5) is 0 Å². The Labute approximate surface area is 608 Å². The van der Waals surface area contributed by atoms with Crippen molar-refractivity contribution in [2.45, 2.75) is 219 Å². The molecule has 4 rings (SSSR count). The molecule has 0 aromatic heterocycles. The standard InChI is InChI=1S/C18H32NO8P.2C17H30NO9P.C11H20NO7P/c1-17(2,3)15(21)24-11-26-28(23,13-9-8-10-19(7)14(13)20)27-12-25-16(22)18(4,5)6;2*1-16(2,3)14(21)24-9-26-28(23,11-8-12(19)18(7)13(11)20)27-10-25-15(22)17(4,5)6;1-11(2,3)10(15)18-6-19-20(16,17)7-5-8(13)12(4)9(7)14/h13H,8-12H2,1-7H3;2*11-12,19H,8-10H2,1-7H3;7-8,13H,5-6H2,1-4H3,(H,16,17)/t13-;2*11-,12-;7-,8-/m0000/s1. The van der Waals surface area contributed by atoms with Crippen LogP contribution >= 0.6 is 30.4 Å². The van der Waals surface area contributed by atoms with Gasteiger partial charge in [-0.1, -0.05) is 0 Å². The number of ether oxygens (including phenoxy) is 7. The van der Waals surface area contributed by atoms with E-state index >= 15 is 0 Å². The number of rotatable bonds is 25. The number of piperidine rings is 1. The molecule has 8 atom stereocenters. The zero-order chi connectivity index (χ0) is 81.3. The molecule has 0 saturated carbocycles. The molecule has 0 aliphatic carbocycles. The second kappa shape index (κ2) is 38.6. The number of aliphatic hydroxyl groups is 3. The third kappa shape index (κ3) is 30.0. The highest BCUT2D eigenvalue weighted by Crippen LogP contribution is 2.59. The molecule has 1 unspecified atom stereocenters. The van der Waals surface area contributed by atoms with Crippen LogP contribution in [0.5, 0.6) is 0 Å². The summed E-state index contributed by atoms with van der Waals surface area (Å²) in [4.78, 5) is 145. The van der Waals surface area contributed by atoms with Crippen LogP contribution in [0.2, 0.25) is 0 Å². The summed E-state index contributed by atoms with van der Waals surface area (Å²) in [6, 6.07) is 0. The van der Waals surface area contributed by atoms with Gasteiger partial charge in [0.05, 0.1) is 37.9 Å². The van der Waals surface area contributed by atoms with Crippen molar-refractivity contribution in [2.75, 3.05) is 82.3 Å². The third-order valence-electron chi connectivity index (χ3n) is 15.0. The molecule has 0 radical (unpaired) electrons. The van der Waals surface area contributed by atoms with Gasteiger partial charge in [0.1, 0.15) is 41.3 Å². The molecule has 0 aromatic carbocycles. The maximum Gasteiger partial charge on any atom is 0.349 e. The minimum absolute atomic E-state index is 0.198. The van der Waals surface area contributed by atoms with Gasteiger partial charge in [-0.3, -0.25) is 103 Å². The smallest absolute Gasteiger partial charge is 0.349 e. The summed E-state index contributed by atoms with van der Waals surface area (Å²) in [5.74, 6) is -6.48. The summed E-state index contributed by atoms with van der Waals surface area (Å²) in [7, 11) is -11.2. The number of aliphatic hydroxyl groups excluding tert-OH is 3. The first-order valence-corrected chi connectivity index (χ1v) is 39.3. The predicted molar refractivity (Wildman–Crippen MR) is 365 cm³/mol. The number of carbonyl (C=O) groups is 11. The largest absolute Gasteiger partial charge is 0.438 e. The molecule has 4 aliphatic rings. The summed E-state index contributed by atoms with van der Waals surface area (Å²) < 4.78 is 122. The molecule has 41 heteroatoms. The predicted octanol–water partition coefficient (Wildman–Crippen LogP) is 6.92. The first-order chi connectivity index (χ1) is 46.8. The van der Waals surface area contributed by atoms with Crippen molar-refractivity contribution in [1.82, 2.24) is 19.6 Å². The highest BCUT2D eigenvalue weighted by molar-refractivity contribution is 7.56. The Kier molecular flexibility index (Phi) is 35.9. The van der Waals surface area contributed by atoms with E-state index in [1.807, 2.05) is 0 Å². The van der Waals surface area contributed by atoms with Gasteiger partial charge >= 0.3 is 72.2 Å². The third-order valence-corrected chi connectivity index (χ3v) is 23.1. The normalized spacial score (nSPS) is 21.5. The molecular formula is C63H112N4O33P4. The quantitative estimate of drug-likeness (QED) is 0.0312. The molecule has 4 amide bonds. The average molecular weight is 1580 g/mol. The first-order valence-electron chi connectivity index (χ1n) is 32.8. The zero-order valence-corrected chi connectivity index (χ0v) is 68.0. The number of hydrogen-bond acceptors (Lipinski definition) is 32. The van der Waals surface area contributed by atoms with E-state index in [0.717, 1.165) is 14.7 Å². The van der Waals surface area contributed by atoms with Crippen molar-refractivity contribution in [2.24, 2.45) is 37.9 Å². The average Bonchev–Trinajstić information content (AvgIpc) is 1.52. The molecule has 4 saturated heterocycles. The van der Waals surface area contributed by atoms with Crippen LogP contribution in [0.1, 0.15) is 178 Å². The van der Waals surface area contributed by atoms with Crippen molar-refractivity contribution >= 4 is 95.8 Å². The van der Waals surface area contributed by atoms with Gasteiger partial charge in [-0.2, -0.15) is 0 Å². The molecule has 4 heterocycles. The Morgan fingerprint density at radius 2 is 0.529 bits per heavy atom. The Balaban J connectivity index is 0.000000699. The van der Waals surface area contributed by atoms with Crippen LogP contribution in [0.25, 0.3) is 0 Å². The summed E-state index contributed by atoms with van der Waals surface area (Å²) >= 11 is 0. The van der Waals surface area contributed by atoms with E-state index in [1.165, 1.54) is 26.0 Å². The topological polar surface area (TPSA) is 479 Å². The van der Waals surface area contributed by atoms with Crippen molar-refractivity contribution in [3.8, 4) is 0 Å². The number of esters is 7. The molecule has 4 fully saturated rings.